The fraction of sp³-hybridized carbons (Fsp3) is 0.900. The molecule has 0 saturated carbocycles. The molecule has 90 valence electrons. The van der Waals surface area contributed by atoms with E-state index in [1.165, 1.54) is 7.11 Å². The van der Waals surface area contributed by atoms with Crippen LogP contribution in [0.5, 0.6) is 0 Å². The Morgan fingerprint density at radius 1 is 1.40 bits per heavy atom. The second kappa shape index (κ2) is 5.09. The van der Waals surface area contributed by atoms with Crippen molar-refractivity contribution >= 4 is 14.3 Å². The number of hydrogen-bond donors (Lipinski definition) is 1. The average Bonchev–Trinajstić information content (AvgIpc) is 2.02. The average molecular weight is 234 g/mol. The molecule has 1 unspecified atom stereocenters. The first-order valence-corrected chi connectivity index (χ1v) is 7.92. The molecule has 0 aromatic heterocycles. The SMILES string of the molecule is COC(CO[Si](C)(C)C(C)(C)C)C(=O)O. The highest BCUT2D eigenvalue weighted by Crippen LogP contribution is 2.36. The van der Waals surface area contributed by atoms with E-state index in [4.69, 9.17) is 14.3 Å². The summed E-state index contributed by atoms with van der Waals surface area (Å²) in [6, 6.07) is 0. The lowest BCUT2D eigenvalue weighted by atomic mass is 10.2. The van der Waals surface area contributed by atoms with Gasteiger partial charge in [0.25, 0.3) is 0 Å². The fourth-order valence-electron chi connectivity index (χ4n) is 0.741. The molecule has 4 nitrogen and oxygen atoms in total. The quantitative estimate of drug-likeness (QED) is 0.740. The third-order valence-corrected chi connectivity index (χ3v) is 7.46. The predicted octanol–water partition coefficient (Wildman–Crippen LogP) is 2.11. The summed E-state index contributed by atoms with van der Waals surface area (Å²) in [5.41, 5.74) is 0. The lowest BCUT2D eigenvalue weighted by Crippen LogP contribution is -2.44. The maximum Gasteiger partial charge on any atom is 0.335 e. The molecule has 0 radical (unpaired) electrons. The van der Waals surface area contributed by atoms with Gasteiger partial charge in [-0.15, -0.1) is 0 Å². The van der Waals surface area contributed by atoms with Crippen LogP contribution in [0.15, 0.2) is 0 Å². The van der Waals surface area contributed by atoms with Crippen LogP contribution in [0.4, 0.5) is 0 Å². The van der Waals surface area contributed by atoms with Gasteiger partial charge in [0.2, 0.25) is 0 Å². The molecule has 15 heavy (non-hydrogen) atoms. The molecule has 1 N–H and O–H groups in total. The summed E-state index contributed by atoms with van der Waals surface area (Å²) in [6.07, 6.45) is -0.862. The Morgan fingerprint density at radius 3 is 2.13 bits per heavy atom. The minimum Gasteiger partial charge on any atom is -0.479 e. The van der Waals surface area contributed by atoms with Crippen LogP contribution in [-0.4, -0.2) is 39.2 Å². The lowest BCUT2D eigenvalue weighted by Gasteiger charge is -2.36. The van der Waals surface area contributed by atoms with Gasteiger partial charge in [-0.1, -0.05) is 20.8 Å². The van der Waals surface area contributed by atoms with Crippen molar-refractivity contribution in [3.05, 3.63) is 0 Å². The highest BCUT2D eigenvalue weighted by Gasteiger charge is 2.38. The van der Waals surface area contributed by atoms with E-state index >= 15 is 0 Å². The van der Waals surface area contributed by atoms with E-state index in [9.17, 15) is 4.79 Å². The van der Waals surface area contributed by atoms with Crippen molar-refractivity contribution in [2.75, 3.05) is 13.7 Å². The van der Waals surface area contributed by atoms with Crippen LogP contribution >= 0.6 is 0 Å². The summed E-state index contributed by atoms with van der Waals surface area (Å²) in [5, 5.41) is 8.87. The second-order valence-corrected chi connectivity index (χ2v) is 9.94. The monoisotopic (exact) mass is 234 g/mol. The van der Waals surface area contributed by atoms with Crippen LogP contribution in [0.1, 0.15) is 20.8 Å². The summed E-state index contributed by atoms with van der Waals surface area (Å²) in [4.78, 5) is 10.7. The Bertz CT molecular complexity index is 220. The van der Waals surface area contributed by atoms with Crippen LogP contribution in [-0.2, 0) is 14.0 Å². The Balaban J connectivity index is 4.31. The Morgan fingerprint density at radius 2 is 1.87 bits per heavy atom. The first kappa shape index (κ1) is 14.6. The number of rotatable bonds is 5. The van der Waals surface area contributed by atoms with E-state index in [0.29, 0.717) is 0 Å². The third kappa shape index (κ3) is 4.32. The van der Waals surface area contributed by atoms with Crippen molar-refractivity contribution in [3.8, 4) is 0 Å². The normalized spacial score (nSPS) is 15.1. The topological polar surface area (TPSA) is 55.8 Å². The maximum atomic E-state index is 10.7. The second-order valence-electron chi connectivity index (χ2n) is 5.13. The molecule has 0 aromatic carbocycles. The molecule has 0 fully saturated rings. The van der Waals surface area contributed by atoms with Crippen LogP contribution in [0.2, 0.25) is 18.1 Å². The van der Waals surface area contributed by atoms with Gasteiger partial charge >= 0.3 is 5.97 Å². The highest BCUT2D eigenvalue weighted by molar-refractivity contribution is 6.74. The van der Waals surface area contributed by atoms with Crippen molar-refractivity contribution < 1.29 is 19.1 Å². The molecule has 0 saturated heterocycles. The van der Waals surface area contributed by atoms with E-state index in [-0.39, 0.29) is 11.6 Å². The molecule has 0 aliphatic carbocycles. The maximum absolute atomic E-state index is 10.7. The Hall–Kier alpha value is -0.393. The zero-order valence-corrected chi connectivity index (χ0v) is 11.5. The molecule has 0 rings (SSSR count). The molecule has 1 atom stereocenters. The Kier molecular flexibility index (Phi) is 4.96. The van der Waals surface area contributed by atoms with Crippen molar-refractivity contribution in [2.24, 2.45) is 0 Å². The number of methoxy groups -OCH3 is 1. The first-order chi connectivity index (χ1) is 6.62. The minimum atomic E-state index is -1.87. The molecular formula is C10H22O4Si. The molecule has 0 aromatic rings. The van der Waals surface area contributed by atoms with Crippen molar-refractivity contribution in [1.29, 1.82) is 0 Å². The Labute approximate surface area is 92.7 Å². The molecule has 0 bridgehead atoms. The number of hydrogen-bond acceptors (Lipinski definition) is 3. The van der Waals surface area contributed by atoms with Gasteiger partial charge < -0.3 is 14.3 Å². The van der Waals surface area contributed by atoms with Crippen molar-refractivity contribution in [3.63, 3.8) is 0 Å². The number of ether oxygens (including phenoxy) is 1. The first-order valence-electron chi connectivity index (χ1n) is 5.01. The van der Waals surface area contributed by atoms with Gasteiger partial charge in [-0.25, -0.2) is 4.79 Å². The van der Waals surface area contributed by atoms with Gasteiger partial charge in [-0.2, -0.15) is 0 Å². The van der Waals surface area contributed by atoms with E-state index in [1.807, 2.05) is 0 Å². The number of carbonyl (C=O) groups is 1. The van der Waals surface area contributed by atoms with E-state index < -0.39 is 20.4 Å². The molecule has 0 amide bonds. The number of carboxylic acids is 1. The van der Waals surface area contributed by atoms with Crippen LogP contribution in [0.3, 0.4) is 0 Å². The third-order valence-electron chi connectivity index (χ3n) is 2.96. The van der Waals surface area contributed by atoms with Gasteiger partial charge in [0.05, 0.1) is 6.61 Å². The molecule has 0 aliphatic rings. The molecule has 0 heterocycles. The summed E-state index contributed by atoms with van der Waals surface area (Å²) in [5.74, 6) is -0.976. The molecular weight excluding hydrogens is 212 g/mol. The van der Waals surface area contributed by atoms with E-state index in [0.717, 1.165) is 0 Å². The van der Waals surface area contributed by atoms with Crippen LogP contribution in [0.25, 0.3) is 0 Å². The van der Waals surface area contributed by atoms with E-state index in [2.05, 4.69) is 33.9 Å². The highest BCUT2D eigenvalue weighted by atomic mass is 28.4. The van der Waals surface area contributed by atoms with Gasteiger partial charge in [0.1, 0.15) is 0 Å². The van der Waals surface area contributed by atoms with E-state index in [1.54, 1.807) is 0 Å². The molecule has 0 spiro atoms. The van der Waals surface area contributed by atoms with Gasteiger partial charge in [-0.3, -0.25) is 0 Å². The summed E-state index contributed by atoms with van der Waals surface area (Å²) >= 11 is 0. The predicted molar refractivity (Wildman–Crippen MR) is 61.6 cm³/mol. The summed E-state index contributed by atoms with van der Waals surface area (Å²) in [6.45, 7) is 10.6. The fourth-order valence-corrected chi connectivity index (χ4v) is 1.74. The minimum absolute atomic E-state index is 0.0871. The lowest BCUT2D eigenvalue weighted by molar-refractivity contribution is -0.150. The van der Waals surface area contributed by atoms with Crippen LogP contribution in [0, 0.1) is 0 Å². The largest absolute Gasteiger partial charge is 0.479 e. The summed E-state index contributed by atoms with van der Waals surface area (Å²) in [7, 11) is -0.490. The number of carboxylic acid groups (broad SMARTS) is 1. The van der Waals surface area contributed by atoms with Gasteiger partial charge in [-0.05, 0) is 18.1 Å². The van der Waals surface area contributed by atoms with Crippen molar-refractivity contribution in [1.82, 2.24) is 0 Å². The standard InChI is InChI=1S/C10H22O4Si/c1-10(2,3)15(5,6)14-7-8(13-4)9(11)12/h8H,7H2,1-6H3,(H,11,12). The summed E-state index contributed by atoms with van der Waals surface area (Å²) < 4.78 is 10.6. The van der Waals surface area contributed by atoms with Crippen LogP contribution < -0.4 is 0 Å². The van der Waals surface area contributed by atoms with Gasteiger partial charge in [0, 0.05) is 7.11 Å². The zero-order chi connectivity index (χ0) is 12.3. The van der Waals surface area contributed by atoms with Crippen molar-refractivity contribution in [2.45, 2.75) is 45.0 Å². The zero-order valence-electron chi connectivity index (χ0n) is 10.5. The smallest absolute Gasteiger partial charge is 0.335 e. The number of aliphatic carboxylic acids is 1. The van der Waals surface area contributed by atoms with Gasteiger partial charge in [0.15, 0.2) is 14.4 Å². The molecule has 5 heteroatoms. The molecule has 0 aliphatic heterocycles.